The van der Waals surface area contributed by atoms with Crippen LogP contribution in [-0.4, -0.2) is 29.9 Å². The SMILES string of the molecule is CCCNC(=O)CNC(=O)c1ccncc1. The summed E-state index contributed by atoms with van der Waals surface area (Å²) in [6.45, 7) is 2.60. The molecule has 1 rings (SSSR count). The third-order valence-electron chi connectivity index (χ3n) is 1.92. The van der Waals surface area contributed by atoms with E-state index in [1.54, 1.807) is 12.1 Å². The number of nitrogens with zero attached hydrogens (tertiary/aromatic N) is 1. The van der Waals surface area contributed by atoms with Gasteiger partial charge in [-0.3, -0.25) is 14.6 Å². The van der Waals surface area contributed by atoms with Crippen LogP contribution in [0.25, 0.3) is 0 Å². The molecule has 0 bridgehead atoms. The highest BCUT2D eigenvalue weighted by Crippen LogP contribution is 1.94. The van der Waals surface area contributed by atoms with E-state index in [9.17, 15) is 9.59 Å². The summed E-state index contributed by atoms with van der Waals surface area (Å²) in [6.07, 6.45) is 3.95. The average molecular weight is 221 g/mol. The van der Waals surface area contributed by atoms with Crippen LogP contribution in [0.3, 0.4) is 0 Å². The molecular formula is C11H15N3O2. The molecule has 0 spiro atoms. The van der Waals surface area contributed by atoms with E-state index >= 15 is 0 Å². The fourth-order valence-corrected chi connectivity index (χ4v) is 1.09. The van der Waals surface area contributed by atoms with Crippen molar-refractivity contribution in [2.24, 2.45) is 0 Å². The van der Waals surface area contributed by atoms with Crippen molar-refractivity contribution in [2.45, 2.75) is 13.3 Å². The van der Waals surface area contributed by atoms with E-state index in [0.29, 0.717) is 12.1 Å². The zero-order valence-electron chi connectivity index (χ0n) is 9.19. The average Bonchev–Trinajstić information content (AvgIpc) is 2.34. The second-order valence-electron chi connectivity index (χ2n) is 3.27. The summed E-state index contributed by atoms with van der Waals surface area (Å²) in [5.74, 6) is -0.446. The van der Waals surface area contributed by atoms with Crippen molar-refractivity contribution < 1.29 is 9.59 Å². The number of hydrogen-bond acceptors (Lipinski definition) is 3. The van der Waals surface area contributed by atoms with Gasteiger partial charge in [-0.1, -0.05) is 6.92 Å². The highest BCUT2D eigenvalue weighted by Gasteiger charge is 2.06. The third kappa shape index (κ3) is 4.08. The van der Waals surface area contributed by atoms with Crippen molar-refractivity contribution in [3.05, 3.63) is 30.1 Å². The Kier molecular flexibility index (Phi) is 4.98. The van der Waals surface area contributed by atoms with Crippen molar-refractivity contribution in [3.63, 3.8) is 0 Å². The Morgan fingerprint density at radius 2 is 1.94 bits per heavy atom. The molecule has 0 aromatic carbocycles. The minimum Gasteiger partial charge on any atom is -0.355 e. The summed E-state index contributed by atoms with van der Waals surface area (Å²) in [5, 5.41) is 5.20. The molecule has 0 unspecified atom stereocenters. The number of amides is 2. The van der Waals surface area contributed by atoms with Gasteiger partial charge in [0.25, 0.3) is 5.91 Å². The lowest BCUT2D eigenvalue weighted by molar-refractivity contribution is -0.120. The van der Waals surface area contributed by atoms with Crippen molar-refractivity contribution in [1.29, 1.82) is 0 Å². The van der Waals surface area contributed by atoms with Crippen molar-refractivity contribution in [3.8, 4) is 0 Å². The predicted molar refractivity (Wildman–Crippen MR) is 59.9 cm³/mol. The zero-order valence-corrected chi connectivity index (χ0v) is 9.19. The van der Waals surface area contributed by atoms with Gasteiger partial charge in [-0.25, -0.2) is 0 Å². The first-order chi connectivity index (χ1) is 7.74. The van der Waals surface area contributed by atoms with E-state index < -0.39 is 0 Å². The van der Waals surface area contributed by atoms with E-state index in [-0.39, 0.29) is 18.4 Å². The molecule has 0 aliphatic rings. The largest absolute Gasteiger partial charge is 0.355 e. The summed E-state index contributed by atoms with van der Waals surface area (Å²) >= 11 is 0. The number of carbonyl (C=O) groups excluding carboxylic acids is 2. The molecule has 86 valence electrons. The quantitative estimate of drug-likeness (QED) is 0.753. The van der Waals surface area contributed by atoms with E-state index in [0.717, 1.165) is 6.42 Å². The molecule has 0 aliphatic carbocycles. The van der Waals surface area contributed by atoms with Gasteiger partial charge in [0, 0.05) is 24.5 Å². The highest BCUT2D eigenvalue weighted by atomic mass is 16.2. The maximum absolute atomic E-state index is 11.5. The van der Waals surface area contributed by atoms with Gasteiger partial charge in [0.05, 0.1) is 6.54 Å². The topological polar surface area (TPSA) is 71.1 Å². The van der Waals surface area contributed by atoms with Crippen molar-refractivity contribution >= 4 is 11.8 Å². The standard InChI is InChI=1S/C11H15N3O2/c1-2-5-13-10(15)8-14-11(16)9-3-6-12-7-4-9/h3-4,6-7H,2,5,8H2,1H3,(H,13,15)(H,14,16). The van der Waals surface area contributed by atoms with Crippen LogP contribution in [0.4, 0.5) is 0 Å². The van der Waals surface area contributed by atoms with Crippen LogP contribution in [0, 0.1) is 0 Å². The van der Waals surface area contributed by atoms with Gasteiger partial charge in [-0.2, -0.15) is 0 Å². The first kappa shape index (κ1) is 12.2. The smallest absolute Gasteiger partial charge is 0.251 e. The number of rotatable bonds is 5. The Morgan fingerprint density at radius 1 is 1.25 bits per heavy atom. The van der Waals surface area contributed by atoms with Crippen molar-refractivity contribution in [1.82, 2.24) is 15.6 Å². The number of pyridine rings is 1. The van der Waals surface area contributed by atoms with Crippen LogP contribution in [0.5, 0.6) is 0 Å². The van der Waals surface area contributed by atoms with Gasteiger partial charge in [-0.15, -0.1) is 0 Å². The fraction of sp³-hybridized carbons (Fsp3) is 0.364. The molecule has 1 aromatic heterocycles. The first-order valence-corrected chi connectivity index (χ1v) is 5.19. The number of carbonyl (C=O) groups is 2. The lowest BCUT2D eigenvalue weighted by Crippen LogP contribution is -2.37. The van der Waals surface area contributed by atoms with Gasteiger partial charge in [-0.05, 0) is 18.6 Å². The first-order valence-electron chi connectivity index (χ1n) is 5.19. The lowest BCUT2D eigenvalue weighted by Gasteiger charge is -2.05. The minimum absolute atomic E-state index is 0.00115. The third-order valence-corrected chi connectivity index (χ3v) is 1.92. The molecule has 0 fully saturated rings. The Labute approximate surface area is 94.3 Å². The lowest BCUT2D eigenvalue weighted by atomic mass is 10.2. The molecule has 2 N–H and O–H groups in total. The van der Waals surface area contributed by atoms with Gasteiger partial charge >= 0.3 is 0 Å². The summed E-state index contributed by atoms with van der Waals surface area (Å²) < 4.78 is 0. The Balaban J connectivity index is 2.33. The fourth-order valence-electron chi connectivity index (χ4n) is 1.09. The maximum Gasteiger partial charge on any atom is 0.251 e. The van der Waals surface area contributed by atoms with E-state index in [1.807, 2.05) is 6.92 Å². The molecule has 5 nitrogen and oxygen atoms in total. The second kappa shape index (κ2) is 6.55. The van der Waals surface area contributed by atoms with Crippen LogP contribution in [-0.2, 0) is 4.79 Å². The molecule has 16 heavy (non-hydrogen) atoms. The summed E-state index contributed by atoms with van der Waals surface area (Å²) in [4.78, 5) is 26.5. The zero-order chi connectivity index (χ0) is 11.8. The molecule has 0 atom stereocenters. The van der Waals surface area contributed by atoms with E-state index in [1.165, 1.54) is 12.4 Å². The minimum atomic E-state index is -0.269. The molecular weight excluding hydrogens is 206 g/mol. The maximum atomic E-state index is 11.5. The molecule has 1 heterocycles. The molecule has 0 aliphatic heterocycles. The van der Waals surface area contributed by atoms with Crippen LogP contribution >= 0.6 is 0 Å². The van der Waals surface area contributed by atoms with E-state index in [4.69, 9.17) is 0 Å². The number of aromatic nitrogens is 1. The van der Waals surface area contributed by atoms with Crippen LogP contribution in [0.1, 0.15) is 23.7 Å². The van der Waals surface area contributed by atoms with Crippen LogP contribution < -0.4 is 10.6 Å². The Bertz CT molecular complexity index is 352. The van der Waals surface area contributed by atoms with Crippen LogP contribution in [0.2, 0.25) is 0 Å². The molecule has 2 amide bonds. The molecule has 0 saturated carbocycles. The van der Waals surface area contributed by atoms with Gasteiger partial charge < -0.3 is 10.6 Å². The Hall–Kier alpha value is -1.91. The van der Waals surface area contributed by atoms with Gasteiger partial charge in [0.1, 0.15) is 0 Å². The summed E-state index contributed by atoms with van der Waals surface area (Å²) in [6, 6.07) is 3.19. The van der Waals surface area contributed by atoms with E-state index in [2.05, 4.69) is 15.6 Å². The Morgan fingerprint density at radius 3 is 2.56 bits per heavy atom. The highest BCUT2D eigenvalue weighted by molar-refractivity contribution is 5.96. The van der Waals surface area contributed by atoms with Gasteiger partial charge in [0.2, 0.25) is 5.91 Å². The normalized spacial score (nSPS) is 9.56. The number of hydrogen-bond donors (Lipinski definition) is 2. The van der Waals surface area contributed by atoms with Gasteiger partial charge in [0.15, 0.2) is 0 Å². The molecule has 5 heteroatoms. The molecule has 1 aromatic rings. The summed E-state index contributed by atoms with van der Waals surface area (Å²) in [5.41, 5.74) is 0.498. The molecule has 0 radical (unpaired) electrons. The number of nitrogens with one attached hydrogen (secondary N) is 2. The second-order valence-corrected chi connectivity index (χ2v) is 3.27. The van der Waals surface area contributed by atoms with Crippen molar-refractivity contribution in [2.75, 3.05) is 13.1 Å². The predicted octanol–water partition coefficient (Wildman–Crippen LogP) is 0.338. The monoisotopic (exact) mass is 221 g/mol. The van der Waals surface area contributed by atoms with Crippen LogP contribution in [0.15, 0.2) is 24.5 Å². The summed E-state index contributed by atoms with van der Waals surface area (Å²) in [7, 11) is 0. The molecule has 0 saturated heterocycles.